The van der Waals surface area contributed by atoms with Gasteiger partial charge >= 0.3 is 6.18 Å². The van der Waals surface area contributed by atoms with E-state index in [1.54, 1.807) is 49.4 Å². The van der Waals surface area contributed by atoms with E-state index in [0.29, 0.717) is 23.5 Å². The van der Waals surface area contributed by atoms with Crippen LogP contribution >= 0.6 is 0 Å². The Labute approximate surface area is 143 Å². The van der Waals surface area contributed by atoms with E-state index in [1.807, 2.05) is 12.1 Å². The smallest absolute Gasteiger partial charge is 0.330 e. The summed E-state index contributed by atoms with van der Waals surface area (Å²) in [6.45, 7) is 2.18. The van der Waals surface area contributed by atoms with Gasteiger partial charge in [0, 0.05) is 11.3 Å². The Morgan fingerprint density at radius 1 is 1.00 bits per heavy atom. The minimum atomic E-state index is -4.53. The Morgan fingerprint density at radius 2 is 1.64 bits per heavy atom. The first-order chi connectivity index (χ1) is 11.9. The van der Waals surface area contributed by atoms with E-state index in [0.717, 1.165) is 12.0 Å². The van der Waals surface area contributed by atoms with Gasteiger partial charge in [-0.1, -0.05) is 42.5 Å². The summed E-state index contributed by atoms with van der Waals surface area (Å²) >= 11 is 0. The van der Waals surface area contributed by atoms with Gasteiger partial charge in [-0.25, -0.2) is 4.68 Å². The molecule has 6 heteroatoms. The summed E-state index contributed by atoms with van der Waals surface area (Å²) in [6, 6.07) is 15.8. The first kappa shape index (κ1) is 17.2. The Morgan fingerprint density at radius 3 is 2.20 bits per heavy atom. The Balaban J connectivity index is 2.14. The molecule has 2 aromatic carbocycles. The van der Waals surface area contributed by atoms with E-state index >= 15 is 0 Å². The highest BCUT2D eigenvalue weighted by Crippen LogP contribution is 2.39. The maximum absolute atomic E-state index is 13.5. The lowest BCUT2D eigenvalue weighted by atomic mass is 10.0. The highest BCUT2D eigenvalue weighted by molar-refractivity contribution is 5.70. The molecule has 3 nitrogen and oxygen atoms in total. The molecule has 0 atom stereocenters. The van der Waals surface area contributed by atoms with Crippen LogP contribution in [0.15, 0.2) is 54.6 Å². The van der Waals surface area contributed by atoms with Crippen molar-refractivity contribution in [2.75, 3.05) is 6.54 Å². The number of hydrogen-bond donors (Lipinski definition) is 1. The lowest BCUT2D eigenvalue weighted by Crippen LogP contribution is -2.08. The second kappa shape index (κ2) is 6.72. The van der Waals surface area contributed by atoms with Crippen molar-refractivity contribution < 1.29 is 13.2 Å². The molecule has 0 aliphatic rings. The van der Waals surface area contributed by atoms with Crippen LogP contribution in [0.25, 0.3) is 16.8 Å². The molecule has 1 aromatic heterocycles. The monoisotopic (exact) mass is 345 g/mol. The SMILES string of the molecule is Cc1c(-c2ccccc2)c(C(F)(F)F)nn1-c1ccc(CCN)cc1. The molecule has 25 heavy (non-hydrogen) atoms. The van der Waals surface area contributed by atoms with Crippen LogP contribution in [-0.2, 0) is 12.6 Å². The van der Waals surface area contributed by atoms with Crippen molar-refractivity contribution in [2.45, 2.75) is 19.5 Å². The molecule has 0 amide bonds. The number of nitrogens with two attached hydrogens (primary N) is 1. The number of aromatic nitrogens is 2. The highest BCUT2D eigenvalue weighted by atomic mass is 19.4. The second-order valence-electron chi connectivity index (χ2n) is 5.79. The summed E-state index contributed by atoms with van der Waals surface area (Å²) in [4.78, 5) is 0. The van der Waals surface area contributed by atoms with E-state index in [1.165, 1.54) is 4.68 Å². The van der Waals surface area contributed by atoms with Crippen LogP contribution in [-0.4, -0.2) is 16.3 Å². The number of rotatable bonds is 4. The van der Waals surface area contributed by atoms with Gasteiger partial charge in [0.1, 0.15) is 0 Å². The molecule has 0 fully saturated rings. The third-order valence-electron chi connectivity index (χ3n) is 4.06. The average Bonchev–Trinajstić information content (AvgIpc) is 2.94. The van der Waals surface area contributed by atoms with Gasteiger partial charge in [0.15, 0.2) is 5.69 Å². The summed E-state index contributed by atoms with van der Waals surface area (Å²) in [5.41, 5.74) is 7.34. The van der Waals surface area contributed by atoms with E-state index in [9.17, 15) is 13.2 Å². The van der Waals surface area contributed by atoms with Crippen LogP contribution in [0.1, 0.15) is 17.0 Å². The number of benzene rings is 2. The minimum Gasteiger partial charge on any atom is -0.330 e. The molecule has 0 aliphatic carbocycles. The maximum atomic E-state index is 13.5. The predicted octanol–water partition coefficient (Wildman–Crippen LogP) is 4.37. The molecule has 0 saturated heterocycles. The summed E-state index contributed by atoms with van der Waals surface area (Å²) in [6.07, 6.45) is -3.80. The van der Waals surface area contributed by atoms with Crippen LogP contribution < -0.4 is 5.73 Å². The Kier molecular flexibility index (Phi) is 4.63. The van der Waals surface area contributed by atoms with Crippen molar-refractivity contribution in [1.82, 2.24) is 9.78 Å². The average molecular weight is 345 g/mol. The van der Waals surface area contributed by atoms with Crippen molar-refractivity contribution in [2.24, 2.45) is 5.73 Å². The first-order valence-electron chi connectivity index (χ1n) is 7.93. The largest absolute Gasteiger partial charge is 0.435 e. The number of hydrogen-bond acceptors (Lipinski definition) is 2. The first-order valence-corrected chi connectivity index (χ1v) is 7.93. The zero-order chi connectivity index (χ0) is 18.0. The van der Waals surface area contributed by atoms with Crippen LogP contribution in [0.2, 0.25) is 0 Å². The number of alkyl halides is 3. The zero-order valence-electron chi connectivity index (χ0n) is 13.7. The molecule has 0 saturated carbocycles. The minimum absolute atomic E-state index is 0.110. The summed E-state index contributed by atoms with van der Waals surface area (Å²) < 4.78 is 41.9. The van der Waals surface area contributed by atoms with Crippen LogP contribution in [0.4, 0.5) is 13.2 Å². The summed E-state index contributed by atoms with van der Waals surface area (Å²) in [5.74, 6) is 0. The lowest BCUT2D eigenvalue weighted by Gasteiger charge is -2.07. The molecule has 130 valence electrons. The van der Waals surface area contributed by atoms with Gasteiger partial charge in [-0.3, -0.25) is 0 Å². The molecule has 0 aliphatic heterocycles. The fourth-order valence-corrected chi connectivity index (χ4v) is 2.87. The third-order valence-corrected chi connectivity index (χ3v) is 4.06. The van der Waals surface area contributed by atoms with Crippen molar-refractivity contribution in [3.05, 3.63) is 71.5 Å². The van der Waals surface area contributed by atoms with Crippen molar-refractivity contribution in [1.29, 1.82) is 0 Å². The number of halogens is 3. The van der Waals surface area contributed by atoms with E-state index < -0.39 is 11.9 Å². The van der Waals surface area contributed by atoms with E-state index in [4.69, 9.17) is 5.73 Å². The van der Waals surface area contributed by atoms with Gasteiger partial charge in [0.2, 0.25) is 0 Å². The second-order valence-corrected chi connectivity index (χ2v) is 5.79. The Bertz CT molecular complexity index is 850. The summed E-state index contributed by atoms with van der Waals surface area (Å²) in [7, 11) is 0. The lowest BCUT2D eigenvalue weighted by molar-refractivity contribution is -0.140. The molecule has 0 radical (unpaired) electrons. The fourth-order valence-electron chi connectivity index (χ4n) is 2.87. The van der Waals surface area contributed by atoms with E-state index in [2.05, 4.69) is 5.10 Å². The van der Waals surface area contributed by atoms with Crippen molar-refractivity contribution >= 4 is 0 Å². The van der Waals surface area contributed by atoms with Gasteiger partial charge in [-0.15, -0.1) is 0 Å². The molecule has 1 heterocycles. The highest BCUT2D eigenvalue weighted by Gasteiger charge is 2.39. The molecule has 3 aromatic rings. The predicted molar refractivity (Wildman–Crippen MR) is 91.5 cm³/mol. The van der Waals surface area contributed by atoms with Gasteiger partial charge in [-0.05, 0) is 43.1 Å². The summed E-state index contributed by atoms with van der Waals surface area (Å²) in [5, 5.41) is 3.87. The number of nitrogens with zero attached hydrogens (tertiary/aromatic N) is 2. The Hall–Kier alpha value is -2.60. The maximum Gasteiger partial charge on any atom is 0.435 e. The van der Waals surface area contributed by atoms with Gasteiger partial charge in [0.05, 0.1) is 5.69 Å². The quantitative estimate of drug-likeness (QED) is 0.763. The molecule has 2 N–H and O–H groups in total. The van der Waals surface area contributed by atoms with Crippen LogP contribution in [0.5, 0.6) is 0 Å². The molecule has 0 unspecified atom stereocenters. The third kappa shape index (κ3) is 3.44. The molecule has 0 spiro atoms. The fraction of sp³-hybridized carbons (Fsp3) is 0.211. The zero-order valence-corrected chi connectivity index (χ0v) is 13.7. The van der Waals surface area contributed by atoms with Gasteiger partial charge < -0.3 is 5.73 Å². The standard InChI is InChI=1S/C19H18F3N3/c1-13-17(15-5-3-2-4-6-15)18(19(20,21)22)24-25(13)16-9-7-14(8-10-16)11-12-23/h2-10H,11-12,23H2,1H3. The molecule has 3 rings (SSSR count). The van der Waals surface area contributed by atoms with Crippen molar-refractivity contribution in [3.63, 3.8) is 0 Å². The van der Waals surface area contributed by atoms with E-state index in [-0.39, 0.29) is 5.56 Å². The molecule has 0 bridgehead atoms. The van der Waals surface area contributed by atoms with Gasteiger partial charge in [0.25, 0.3) is 0 Å². The topological polar surface area (TPSA) is 43.8 Å². The normalized spacial score (nSPS) is 11.7. The molecular weight excluding hydrogens is 327 g/mol. The van der Waals surface area contributed by atoms with Crippen LogP contribution in [0, 0.1) is 6.92 Å². The van der Waals surface area contributed by atoms with Crippen LogP contribution in [0.3, 0.4) is 0 Å². The molecular formula is C19H18F3N3. The van der Waals surface area contributed by atoms with Crippen molar-refractivity contribution in [3.8, 4) is 16.8 Å². The van der Waals surface area contributed by atoms with Gasteiger partial charge in [-0.2, -0.15) is 18.3 Å².